The van der Waals surface area contributed by atoms with Gasteiger partial charge in [0.25, 0.3) is 5.91 Å². The highest BCUT2D eigenvalue weighted by molar-refractivity contribution is 9.11. The van der Waals surface area contributed by atoms with Gasteiger partial charge in [-0.3, -0.25) is 4.79 Å². The standard InChI is InChI=1S/C21H18BrNO3S2/c1-26-21(25)18-14-8-7-13(12-5-3-2-4-6-12)11-16(14)28-20(18)23-19(24)15-9-10-17(22)27-15/h2-6,9-10,13H,7-8,11H2,1H3,(H,23,24)/t13-/m1/s1. The molecule has 144 valence electrons. The van der Waals surface area contributed by atoms with Gasteiger partial charge in [-0.15, -0.1) is 22.7 Å². The number of benzene rings is 1. The third-order valence-electron chi connectivity index (χ3n) is 4.95. The van der Waals surface area contributed by atoms with E-state index in [4.69, 9.17) is 4.74 Å². The third kappa shape index (κ3) is 3.79. The summed E-state index contributed by atoms with van der Waals surface area (Å²) in [6.45, 7) is 0. The third-order valence-corrected chi connectivity index (χ3v) is 7.74. The number of esters is 1. The Morgan fingerprint density at radius 3 is 2.61 bits per heavy atom. The summed E-state index contributed by atoms with van der Waals surface area (Å²) in [5.41, 5.74) is 2.85. The van der Waals surface area contributed by atoms with Crippen LogP contribution in [0.5, 0.6) is 0 Å². The summed E-state index contributed by atoms with van der Waals surface area (Å²) in [6, 6.07) is 14.1. The predicted molar refractivity (Wildman–Crippen MR) is 117 cm³/mol. The first-order chi connectivity index (χ1) is 13.6. The molecule has 0 radical (unpaired) electrons. The number of hydrogen-bond donors (Lipinski definition) is 1. The van der Waals surface area contributed by atoms with E-state index in [1.807, 2.05) is 12.1 Å². The molecule has 4 nitrogen and oxygen atoms in total. The highest BCUT2D eigenvalue weighted by Crippen LogP contribution is 2.43. The minimum Gasteiger partial charge on any atom is -0.465 e. The maximum absolute atomic E-state index is 12.6. The fourth-order valence-corrected chi connectivity index (χ4v) is 6.19. The largest absolute Gasteiger partial charge is 0.465 e. The van der Waals surface area contributed by atoms with Gasteiger partial charge in [-0.25, -0.2) is 4.79 Å². The van der Waals surface area contributed by atoms with Crippen LogP contribution in [0.2, 0.25) is 0 Å². The van der Waals surface area contributed by atoms with E-state index in [0.717, 1.165) is 33.5 Å². The highest BCUT2D eigenvalue weighted by Gasteiger charge is 2.30. The average Bonchev–Trinajstić information content (AvgIpc) is 3.30. The zero-order chi connectivity index (χ0) is 19.7. The van der Waals surface area contributed by atoms with Gasteiger partial charge in [-0.1, -0.05) is 30.3 Å². The minimum absolute atomic E-state index is 0.209. The zero-order valence-corrected chi connectivity index (χ0v) is 18.4. The topological polar surface area (TPSA) is 55.4 Å². The molecule has 0 aliphatic heterocycles. The lowest BCUT2D eigenvalue weighted by atomic mass is 9.83. The fraction of sp³-hybridized carbons (Fsp3) is 0.238. The van der Waals surface area contributed by atoms with E-state index in [1.54, 1.807) is 6.07 Å². The molecule has 0 fully saturated rings. The van der Waals surface area contributed by atoms with E-state index < -0.39 is 5.97 Å². The Morgan fingerprint density at radius 1 is 1.14 bits per heavy atom. The first-order valence-corrected chi connectivity index (χ1v) is 11.3. The molecule has 1 N–H and O–H groups in total. The maximum Gasteiger partial charge on any atom is 0.341 e. The van der Waals surface area contributed by atoms with Gasteiger partial charge in [-0.2, -0.15) is 0 Å². The quantitative estimate of drug-likeness (QED) is 0.479. The Labute approximate surface area is 179 Å². The number of fused-ring (bicyclic) bond motifs is 1. The van der Waals surface area contributed by atoms with Crippen LogP contribution in [0.1, 0.15) is 48.4 Å². The van der Waals surface area contributed by atoms with Gasteiger partial charge in [0.05, 0.1) is 21.3 Å². The van der Waals surface area contributed by atoms with Crippen LogP contribution in [0.25, 0.3) is 0 Å². The van der Waals surface area contributed by atoms with Gasteiger partial charge in [0.2, 0.25) is 0 Å². The molecule has 1 amide bonds. The Balaban J connectivity index is 1.65. The summed E-state index contributed by atoms with van der Waals surface area (Å²) in [6.07, 6.45) is 2.65. The molecule has 0 bridgehead atoms. The van der Waals surface area contributed by atoms with Crippen LogP contribution < -0.4 is 5.32 Å². The first kappa shape index (κ1) is 19.4. The Morgan fingerprint density at radius 2 is 1.93 bits per heavy atom. The Bertz CT molecular complexity index is 1030. The van der Waals surface area contributed by atoms with Crippen LogP contribution in [0.4, 0.5) is 5.00 Å². The molecule has 0 unspecified atom stereocenters. The van der Waals surface area contributed by atoms with Crippen molar-refractivity contribution in [1.29, 1.82) is 0 Å². The van der Waals surface area contributed by atoms with Gasteiger partial charge >= 0.3 is 5.97 Å². The molecule has 2 aromatic heterocycles. The number of thiophene rings is 2. The maximum atomic E-state index is 12.6. The van der Waals surface area contributed by atoms with Crippen molar-refractivity contribution in [1.82, 2.24) is 0 Å². The fourth-order valence-electron chi connectivity index (χ4n) is 3.60. The van der Waals surface area contributed by atoms with Gasteiger partial charge in [-0.05, 0) is 64.4 Å². The molecule has 1 aromatic carbocycles. The molecular weight excluding hydrogens is 458 g/mol. The van der Waals surface area contributed by atoms with E-state index in [2.05, 4.69) is 45.5 Å². The van der Waals surface area contributed by atoms with Crippen LogP contribution in [0.3, 0.4) is 0 Å². The summed E-state index contributed by atoms with van der Waals surface area (Å²) in [7, 11) is 1.38. The molecule has 0 saturated heterocycles. The van der Waals surface area contributed by atoms with Crippen LogP contribution >= 0.6 is 38.6 Å². The normalized spacial score (nSPS) is 15.7. The number of carbonyl (C=O) groups excluding carboxylic acids is 2. The van der Waals surface area contributed by atoms with Gasteiger partial charge in [0.1, 0.15) is 5.00 Å². The second kappa shape index (κ2) is 8.19. The SMILES string of the molecule is COC(=O)c1c(NC(=O)c2ccc(Br)s2)sc2c1CC[C@@H](c1ccccc1)C2. The number of nitrogens with one attached hydrogen (secondary N) is 1. The van der Waals surface area contributed by atoms with Gasteiger partial charge < -0.3 is 10.1 Å². The summed E-state index contributed by atoms with van der Waals surface area (Å²) in [5.74, 6) is -0.174. The molecule has 4 rings (SSSR count). The monoisotopic (exact) mass is 475 g/mol. The molecule has 1 aliphatic carbocycles. The molecule has 7 heteroatoms. The van der Waals surface area contributed by atoms with E-state index >= 15 is 0 Å². The van der Waals surface area contributed by atoms with Crippen LogP contribution in [-0.4, -0.2) is 19.0 Å². The van der Waals surface area contributed by atoms with Crippen LogP contribution in [-0.2, 0) is 17.6 Å². The number of rotatable bonds is 4. The Hall–Kier alpha value is -1.96. The van der Waals surface area contributed by atoms with Crippen molar-refractivity contribution in [2.75, 3.05) is 12.4 Å². The molecule has 2 heterocycles. The zero-order valence-electron chi connectivity index (χ0n) is 15.2. The number of anilines is 1. The van der Waals surface area contributed by atoms with E-state index in [-0.39, 0.29) is 5.91 Å². The van der Waals surface area contributed by atoms with Crippen molar-refractivity contribution >= 4 is 55.5 Å². The summed E-state index contributed by atoms with van der Waals surface area (Å²) >= 11 is 6.23. The molecule has 3 aromatic rings. The molecule has 1 aliphatic rings. The lowest BCUT2D eigenvalue weighted by Gasteiger charge is -2.22. The van der Waals surface area contributed by atoms with Crippen molar-refractivity contribution < 1.29 is 14.3 Å². The average molecular weight is 476 g/mol. The van der Waals surface area contributed by atoms with Gasteiger partial charge in [0, 0.05) is 4.88 Å². The number of methoxy groups -OCH3 is 1. The summed E-state index contributed by atoms with van der Waals surface area (Å²) < 4.78 is 5.91. The lowest BCUT2D eigenvalue weighted by molar-refractivity contribution is 0.0601. The van der Waals surface area contributed by atoms with E-state index in [0.29, 0.717) is 21.4 Å². The van der Waals surface area contributed by atoms with Crippen molar-refractivity contribution in [3.05, 3.63) is 72.7 Å². The van der Waals surface area contributed by atoms with E-state index in [9.17, 15) is 9.59 Å². The summed E-state index contributed by atoms with van der Waals surface area (Å²) in [4.78, 5) is 26.8. The highest BCUT2D eigenvalue weighted by atomic mass is 79.9. The number of hydrogen-bond acceptors (Lipinski definition) is 5. The van der Waals surface area contributed by atoms with Crippen LogP contribution in [0.15, 0.2) is 46.3 Å². The molecule has 0 spiro atoms. The number of carbonyl (C=O) groups is 2. The molecular formula is C21H18BrNO3S2. The summed E-state index contributed by atoms with van der Waals surface area (Å²) in [5, 5.41) is 3.52. The van der Waals surface area contributed by atoms with Gasteiger partial charge in [0.15, 0.2) is 0 Å². The first-order valence-electron chi connectivity index (χ1n) is 8.91. The molecule has 0 saturated carbocycles. The number of ether oxygens (including phenoxy) is 1. The van der Waals surface area contributed by atoms with Crippen molar-refractivity contribution in [2.45, 2.75) is 25.2 Å². The van der Waals surface area contributed by atoms with Crippen molar-refractivity contribution in [3.8, 4) is 0 Å². The second-order valence-corrected chi connectivity index (χ2v) is 10.2. The van der Waals surface area contributed by atoms with Crippen LogP contribution in [0, 0.1) is 0 Å². The van der Waals surface area contributed by atoms with E-state index in [1.165, 1.54) is 35.3 Å². The predicted octanol–water partition coefficient (Wildman–Crippen LogP) is 5.88. The smallest absolute Gasteiger partial charge is 0.341 e. The number of amides is 1. The minimum atomic E-state index is -0.390. The number of halogens is 1. The van der Waals surface area contributed by atoms with Crippen molar-refractivity contribution in [2.24, 2.45) is 0 Å². The molecule has 1 atom stereocenters. The van der Waals surface area contributed by atoms with Crippen molar-refractivity contribution in [3.63, 3.8) is 0 Å². The lowest BCUT2D eigenvalue weighted by Crippen LogP contribution is -2.15. The second-order valence-electron chi connectivity index (χ2n) is 6.61. The Kier molecular flexibility index (Phi) is 5.66. The molecule has 28 heavy (non-hydrogen) atoms.